The molecular formula is C14H12N4O2S. The minimum Gasteiger partial charge on any atom is -0.337 e. The third-order valence-corrected chi connectivity index (χ3v) is 3.53. The van der Waals surface area contributed by atoms with Crippen molar-refractivity contribution in [3.05, 3.63) is 52.7 Å². The van der Waals surface area contributed by atoms with E-state index in [1.807, 2.05) is 22.9 Å². The van der Waals surface area contributed by atoms with Crippen LogP contribution in [0.3, 0.4) is 0 Å². The molecule has 3 aromatic rings. The lowest BCUT2D eigenvalue weighted by Crippen LogP contribution is -2.25. The fourth-order valence-electron chi connectivity index (χ4n) is 1.80. The summed E-state index contributed by atoms with van der Waals surface area (Å²) in [6.45, 7) is 0.258. The lowest BCUT2D eigenvalue weighted by Gasteiger charge is -2.13. The van der Waals surface area contributed by atoms with Gasteiger partial charge in [0.1, 0.15) is 5.69 Å². The van der Waals surface area contributed by atoms with Crippen LogP contribution in [0.25, 0.3) is 11.5 Å². The van der Waals surface area contributed by atoms with E-state index in [-0.39, 0.29) is 12.5 Å². The predicted octanol–water partition coefficient (Wildman–Crippen LogP) is 2.47. The van der Waals surface area contributed by atoms with E-state index in [0.29, 0.717) is 23.0 Å². The maximum Gasteiger partial charge on any atom is 0.254 e. The standard InChI is InChI=1S/C14H12N4O2S/c1-18(14(19)10-5-7-21-9-10)8-12-16-13(17-20-12)11-4-2-3-6-15-11/h2-7,9H,8H2,1H3. The van der Waals surface area contributed by atoms with E-state index in [1.54, 1.807) is 25.4 Å². The van der Waals surface area contributed by atoms with Gasteiger partial charge < -0.3 is 9.42 Å². The van der Waals surface area contributed by atoms with Crippen LogP contribution in [0.5, 0.6) is 0 Å². The monoisotopic (exact) mass is 300 g/mol. The van der Waals surface area contributed by atoms with Crippen molar-refractivity contribution >= 4 is 17.2 Å². The highest BCUT2D eigenvalue weighted by molar-refractivity contribution is 7.08. The molecule has 0 saturated heterocycles. The number of rotatable bonds is 4. The molecule has 1 amide bonds. The van der Waals surface area contributed by atoms with Crippen molar-refractivity contribution in [3.63, 3.8) is 0 Å². The normalized spacial score (nSPS) is 10.5. The summed E-state index contributed by atoms with van der Waals surface area (Å²) >= 11 is 1.49. The topological polar surface area (TPSA) is 72.1 Å². The van der Waals surface area contributed by atoms with Crippen LogP contribution >= 0.6 is 11.3 Å². The first-order chi connectivity index (χ1) is 10.2. The summed E-state index contributed by atoms with van der Waals surface area (Å²) in [5.41, 5.74) is 1.30. The van der Waals surface area contributed by atoms with Crippen LogP contribution in [0, 0.1) is 0 Å². The van der Waals surface area contributed by atoms with Crippen molar-refractivity contribution in [1.82, 2.24) is 20.0 Å². The van der Waals surface area contributed by atoms with E-state index in [4.69, 9.17) is 4.52 Å². The number of carbonyl (C=O) groups is 1. The summed E-state index contributed by atoms with van der Waals surface area (Å²) in [7, 11) is 1.70. The van der Waals surface area contributed by atoms with Crippen LogP contribution in [0.2, 0.25) is 0 Å². The number of pyridine rings is 1. The zero-order valence-electron chi connectivity index (χ0n) is 11.3. The first-order valence-electron chi connectivity index (χ1n) is 6.25. The quantitative estimate of drug-likeness (QED) is 0.740. The first kappa shape index (κ1) is 13.4. The Hall–Kier alpha value is -2.54. The molecule has 3 aromatic heterocycles. The van der Waals surface area contributed by atoms with Gasteiger partial charge in [-0.1, -0.05) is 11.2 Å². The Morgan fingerprint density at radius 3 is 3.00 bits per heavy atom. The van der Waals surface area contributed by atoms with Gasteiger partial charge >= 0.3 is 0 Å². The average molecular weight is 300 g/mol. The molecule has 21 heavy (non-hydrogen) atoms. The third kappa shape index (κ3) is 2.97. The molecule has 0 aliphatic carbocycles. The molecule has 0 aliphatic rings. The number of hydrogen-bond acceptors (Lipinski definition) is 6. The molecule has 0 aromatic carbocycles. The molecule has 106 valence electrons. The molecule has 0 fully saturated rings. The van der Waals surface area contributed by atoms with E-state index in [2.05, 4.69) is 15.1 Å². The van der Waals surface area contributed by atoms with Crippen molar-refractivity contribution in [2.24, 2.45) is 0 Å². The van der Waals surface area contributed by atoms with Gasteiger partial charge in [-0.15, -0.1) is 0 Å². The number of amides is 1. The predicted molar refractivity (Wildman–Crippen MR) is 77.6 cm³/mol. The van der Waals surface area contributed by atoms with Crippen LogP contribution in [-0.2, 0) is 6.54 Å². The van der Waals surface area contributed by atoms with Gasteiger partial charge in [-0.3, -0.25) is 9.78 Å². The number of hydrogen-bond donors (Lipinski definition) is 0. The molecule has 7 heteroatoms. The van der Waals surface area contributed by atoms with Crippen molar-refractivity contribution in [2.45, 2.75) is 6.54 Å². The summed E-state index contributed by atoms with van der Waals surface area (Å²) in [6, 6.07) is 7.26. The maximum absolute atomic E-state index is 12.1. The van der Waals surface area contributed by atoms with E-state index in [9.17, 15) is 4.79 Å². The van der Waals surface area contributed by atoms with Crippen molar-refractivity contribution in [2.75, 3.05) is 7.05 Å². The van der Waals surface area contributed by atoms with Gasteiger partial charge in [0.25, 0.3) is 5.91 Å². The molecule has 6 nitrogen and oxygen atoms in total. The van der Waals surface area contributed by atoms with Crippen LogP contribution in [0.15, 0.2) is 45.7 Å². The van der Waals surface area contributed by atoms with Crippen LogP contribution in [0.1, 0.15) is 16.2 Å². The zero-order chi connectivity index (χ0) is 14.7. The Bertz CT molecular complexity index is 725. The van der Waals surface area contributed by atoms with E-state index < -0.39 is 0 Å². The highest BCUT2D eigenvalue weighted by Crippen LogP contribution is 2.14. The minimum atomic E-state index is -0.0752. The lowest BCUT2D eigenvalue weighted by molar-refractivity contribution is 0.0770. The van der Waals surface area contributed by atoms with Gasteiger partial charge in [0.15, 0.2) is 0 Å². The molecule has 0 atom stereocenters. The summed E-state index contributed by atoms with van der Waals surface area (Å²) < 4.78 is 5.16. The molecule has 3 rings (SSSR count). The van der Waals surface area contributed by atoms with E-state index in [0.717, 1.165) is 0 Å². The zero-order valence-corrected chi connectivity index (χ0v) is 12.1. The largest absolute Gasteiger partial charge is 0.337 e. The fourth-order valence-corrected chi connectivity index (χ4v) is 2.43. The molecule has 0 saturated carbocycles. The number of aromatic nitrogens is 3. The summed E-state index contributed by atoms with van der Waals surface area (Å²) in [4.78, 5) is 22.1. The van der Waals surface area contributed by atoms with Gasteiger partial charge in [-0.25, -0.2) is 0 Å². The third-order valence-electron chi connectivity index (χ3n) is 2.85. The highest BCUT2D eigenvalue weighted by Gasteiger charge is 2.16. The second kappa shape index (κ2) is 5.84. The minimum absolute atomic E-state index is 0.0752. The molecule has 0 N–H and O–H groups in total. The Morgan fingerprint density at radius 2 is 2.29 bits per heavy atom. The fraction of sp³-hybridized carbons (Fsp3) is 0.143. The van der Waals surface area contributed by atoms with E-state index >= 15 is 0 Å². The summed E-state index contributed by atoms with van der Waals surface area (Å²) in [5, 5.41) is 7.56. The Morgan fingerprint density at radius 1 is 1.38 bits per heavy atom. The smallest absolute Gasteiger partial charge is 0.254 e. The van der Waals surface area contributed by atoms with Crippen LogP contribution in [0.4, 0.5) is 0 Å². The van der Waals surface area contributed by atoms with Crippen LogP contribution < -0.4 is 0 Å². The lowest BCUT2D eigenvalue weighted by atomic mass is 10.3. The number of nitrogens with zero attached hydrogens (tertiary/aromatic N) is 4. The number of thiophene rings is 1. The van der Waals surface area contributed by atoms with Gasteiger partial charge in [-0.2, -0.15) is 16.3 Å². The SMILES string of the molecule is CN(Cc1nc(-c2ccccn2)no1)C(=O)c1ccsc1. The van der Waals surface area contributed by atoms with Crippen molar-refractivity contribution < 1.29 is 9.32 Å². The second-order valence-corrected chi connectivity index (χ2v) is 5.18. The molecule has 0 bridgehead atoms. The number of carbonyl (C=O) groups excluding carboxylic acids is 1. The molecule has 0 radical (unpaired) electrons. The van der Waals surface area contributed by atoms with Gasteiger partial charge in [0.2, 0.25) is 11.7 Å². The molecule has 0 aliphatic heterocycles. The van der Waals surface area contributed by atoms with Crippen LogP contribution in [-0.4, -0.2) is 33.0 Å². The highest BCUT2D eigenvalue weighted by atomic mass is 32.1. The Labute approximate surface area is 125 Å². The second-order valence-electron chi connectivity index (χ2n) is 4.40. The molecule has 0 spiro atoms. The molecule has 0 unspecified atom stereocenters. The Balaban J connectivity index is 1.71. The summed E-state index contributed by atoms with van der Waals surface area (Å²) in [5.74, 6) is 0.720. The molecule has 3 heterocycles. The summed E-state index contributed by atoms with van der Waals surface area (Å²) in [6.07, 6.45) is 1.66. The van der Waals surface area contributed by atoms with Gasteiger partial charge in [0, 0.05) is 18.6 Å². The van der Waals surface area contributed by atoms with Gasteiger partial charge in [-0.05, 0) is 23.6 Å². The molecular weight excluding hydrogens is 288 g/mol. The first-order valence-corrected chi connectivity index (χ1v) is 7.20. The maximum atomic E-state index is 12.1. The van der Waals surface area contributed by atoms with Gasteiger partial charge in [0.05, 0.1) is 12.1 Å². The van der Waals surface area contributed by atoms with E-state index in [1.165, 1.54) is 16.2 Å². The van der Waals surface area contributed by atoms with Crippen molar-refractivity contribution in [3.8, 4) is 11.5 Å². The Kier molecular flexibility index (Phi) is 3.74. The van der Waals surface area contributed by atoms with Crippen molar-refractivity contribution in [1.29, 1.82) is 0 Å². The average Bonchev–Trinajstić information content (AvgIpc) is 3.19.